The highest BCUT2D eigenvalue weighted by atomic mass is 16.2. The Bertz CT molecular complexity index is 949. The van der Waals surface area contributed by atoms with E-state index in [4.69, 9.17) is 0 Å². The first kappa shape index (κ1) is 22.2. The summed E-state index contributed by atoms with van der Waals surface area (Å²) in [5, 5.41) is 8.82. The minimum Gasteiger partial charge on any atom is -0.347 e. The Morgan fingerprint density at radius 2 is 1.52 bits per heavy atom. The third-order valence-electron chi connectivity index (χ3n) is 4.93. The van der Waals surface area contributed by atoms with Gasteiger partial charge in [-0.2, -0.15) is 0 Å². The maximum atomic E-state index is 13.3. The highest BCUT2D eigenvalue weighted by molar-refractivity contribution is 5.88. The van der Waals surface area contributed by atoms with Crippen molar-refractivity contribution in [3.05, 3.63) is 102 Å². The first-order valence-corrected chi connectivity index (χ1v) is 10.4. The van der Waals surface area contributed by atoms with Crippen molar-refractivity contribution < 1.29 is 9.59 Å². The second-order valence-electron chi connectivity index (χ2n) is 7.34. The molecule has 1 aromatic heterocycles. The summed E-state index contributed by atoms with van der Waals surface area (Å²) < 4.78 is 0. The summed E-state index contributed by atoms with van der Waals surface area (Å²) in [7, 11) is 1.70. The molecule has 6 nitrogen and oxygen atoms in total. The van der Waals surface area contributed by atoms with Gasteiger partial charge < -0.3 is 16.0 Å². The number of rotatable bonds is 10. The number of nitrogens with zero attached hydrogens (tertiary/aromatic N) is 1. The predicted octanol–water partition coefficient (Wildman–Crippen LogP) is 2.43. The molecule has 0 aliphatic carbocycles. The lowest BCUT2D eigenvalue weighted by atomic mass is 9.99. The molecule has 3 rings (SSSR count). The smallest absolute Gasteiger partial charge is 0.243 e. The molecule has 2 unspecified atom stereocenters. The van der Waals surface area contributed by atoms with E-state index in [2.05, 4.69) is 20.9 Å². The lowest BCUT2D eigenvalue weighted by molar-refractivity contribution is -0.129. The maximum Gasteiger partial charge on any atom is 0.243 e. The maximum absolute atomic E-state index is 13.3. The van der Waals surface area contributed by atoms with Gasteiger partial charge >= 0.3 is 0 Å². The zero-order valence-electron chi connectivity index (χ0n) is 17.6. The standard InChI is InChI=1S/C25H28N4O2/c1-26-18-24(30)28-23(16-19-10-4-2-5-11-19)25(31)29-22(20-12-6-3-7-13-20)17-21-14-8-9-15-27-21/h2-15,22-23,26H,16-18H2,1H3,(H,28,30)(H,29,31). The molecule has 31 heavy (non-hydrogen) atoms. The van der Waals surface area contributed by atoms with Crippen LogP contribution in [0.4, 0.5) is 0 Å². The largest absolute Gasteiger partial charge is 0.347 e. The van der Waals surface area contributed by atoms with Crippen LogP contribution in [0.15, 0.2) is 85.1 Å². The van der Waals surface area contributed by atoms with Gasteiger partial charge in [0.05, 0.1) is 12.6 Å². The molecule has 2 amide bonds. The van der Waals surface area contributed by atoms with Crippen molar-refractivity contribution in [3.63, 3.8) is 0 Å². The first-order chi connectivity index (χ1) is 15.2. The van der Waals surface area contributed by atoms with Crippen LogP contribution in [0, 0.1) is 0 Å². The van der Waals surface area contributed by atoms with Gasteiger partial charge in [0.25, 0.3) is 0 Å². The van der Waals surface area contributed by atoms with Crippen LogP contribution in [0.3, 0.4) is 0 Å². The molecule has 0 saturated heterocycles. The number of nitrogens with one attached hydrogen (secondary N) is 3. The van der Waals surface area contributed by atoms with Crippen molar-refractivity contribution in [2.75, 3.05) is 13.6 Å². The zero-order chi connectivity index (χ0) is 21.9. The van der Waals surface area contributed by atoms with Crippen LogP contribution in [0.2, 0.25) is 0 Å². The molecule has 0 saturated carbocycles. The molecule has 1 heterocycles. The molecular weight excluding hydrogens is 388 g/mol. The quantitative estimate of drug-likeness (QED) is 0.474. The Morgan fingerprint density at radius 3 is 2.16 bits per heavy atom. The summed E-state index contributed by atoms with van der Waals surface area (Å²) >= 11 is 0. The van der Waals surface area contributed by atoms with Gasteiger partial charge in [-0.05, 0) is 30.3 Å². The molecule has 0 fully saturated rings. The van der Waals surface area contributed by atoms with Gasteiger partial charge in [-0.1, -0.05) is 66.7 Å². The van der Waals surface area contributed by atoms with E-state index in [0.717, 1.165) is 16.8 Å². The number of amides is 2. The number of likely N-dealkylation sites (N-methyl/N-ethyl adjacent to an activating group) is 1. The van der Waals surface area contributed by atoms with Crippen molar-refractivity contribution in [3.8, 4) is 0 Å². The number of aromatic nitrogens is 1. The van der Waals surface area contributed by atoms with Crippen molar-refractivity contribution in [1.82, 2.24) is 20.9 Å². The van der Waals surface area contributed by atoms with Crippen LogP contribution in [0.25, 0.3) is 0 Å². The molecule has 0 aliphatic rings. The fourth-order valence-corrected chi connectivity index (χ4v) is 3.40. The van der Waals surface area contributed by atoms with Gasteiger partial charge in [-0.15, -0.1) is 0 Å². The zero-order valence-corrected chi connectivity index (χ0v) is 17.6. The summed E-state index contributed by atoms with van der Waals surface area (Å²) in [5.41, 5.74) is 2.85. The normalized spacial score (nSPS) is 12.5. The molecule has 0 bridgehead atoms. The number of hydrogen-bond donors (Lipinski definition) is 3. The summed E-state index contributed by atoms with van der Waals surface area (Å²) in [6.45, 7) is 0.147. The van der Waals surface area contributed by atoms with Crippen molar-refractivity contribution >= 4 is 11.8 Å². The van der Waals surface area contributed by atoms with Gasteiger partial charge in [0.1, 0.15) is 6.04 Å². The molecule has 0 radical (unpaired) electrons. The lowest BCUT2D eigenvalue weighted by Gasteiger charge is -2.24. The number of carbonyl (C=O) groups is 2. The average molecular weight is 417 g/mol. The average Bonchev–Trinajstić information content (AvgIpc) is 2.80. The van der Waals surface area contributed by atoms with E-state index < -0.39 is 6.04 Å². The monoisotopic (exact) mass is 416 g/mol. The van der Waals surface area contributed by atoms with E-state index in [0.29, 0.717) is 12.8 Å². The Kier molecular flexibility index (Phi) is 8.31. The minimum absolute atomic E-state index is 0.147. The molecule has 3 N–H and O–H groups in total. The highest BCUT2D eigenvalue weighted by Gasteiger charge is 2.24. The van der Waals surface area contributed by atoms with Gasteiger partial charge in [0.2, 0.25) is 11.8 Å². The predicted molar refractivity (Wildman–Crippen MR) is 121 cm³/mol. The highest BCUT2D eigenvalue weighted by Crippen LogP contribution is 2.18. The van der Waals surface area contributed by atoms with E-state index in [-0.39, 0.29) is 24.4 Å². The Balaban J connectivity index is 1.80. The van der Waals surface area contributed by atoms with E-state index >= 15 is 0 Å². The molecule has 3 aromatic rings. The van der Waals surface area contributed by atoms with Crippen LogP contribution in [0.1, 0.15) is 22.9 Å². The molecule has 2 aromatic carbocycles. The van der Waals surface area contributed by atoms with Gasteiger partial charge in [0, 0.05) is 24.7 Å². The topological polar surface area (TPSA) is 83.1 Å². The molecule has 2 atom stereocenters. The summed E-state index contributed by atoms with van der Waals surface area (Å²) in [6, 6.07) is 24.3. The molecule has 160 valence electrons. The van der Waals surface area contributed by atoms with E-state index in [1.165, 1.54) is 0 Å². The first-order valence-electron chi connectivity index (χ1n) is 10.4. The molecule has 0 aliphatic heterocycles. The van der Waals surface area contributed by atoms with Crippen LogP contribution < -0.4 is 16.0 Å². The van der Waals surface area contributed by atoms with Crippen LogP contribution in [0.5, 0.6) is 0 Å². The second kappa shape index (κ2) is 11.6. The van der Waals surface area contributed by atoms with Crippen LogP contribution in [-0.4, -0.2) is 36.4 Å². The van der Waals surface area contributed by atoms with Gasteiger partial charge in [-0.3, -0.25) is 14.6 Å². The van der Waals surface area contributed by atoms with E-state index in [1.54, 1.807) is 13.2 Å². The minimum atomic E-state index is -0.682. The third kappa shape index (κ3) is 7.04. The summed E-state index contributed by atoms with van der Waals surface area (Å²) in [4.78, 5) is 29.9. The van der Waals surface area contributed by atoms with Crippen LogP contribution in [-0.2, 0) is 22.4 Å². The van der Waals surface area contributed by atoms with E-state index in [1.807, 2.05) is 78.9 Å². The summed E-state index contributed by atoms with van der Waals surface area (Å²) in [5.74, 6) is -0.447. The summed E-state index contributed by atoms with van der Waals surface area (Å²) in [6.07, 6.45) is 2.71. The molecule has 0 spiro atoms. The van der Waals surface area contributed by atoms with E-state index in [9.17, 15) is 9.59 Å². The molecule has 6 heteroatoms. The second-order valence-corrected chi connectivity index (χ2v) is 7.34. The van der Waals surface area contributed by atoms with Gasteiger partial charge in [0.15, 0.2) is 0 Å². The van der Waals surface area contributed by atoms with Crippen LogP contribution >= 0.6 is 0 Å². The number of hydrogen-bond acceptors (Lipinski definition) is 4. The SMILES string of the molecule is CNCC(=O)NC(Cc1ccccc1)C(=O)NC(Cc1ccccn1)c1ccccc1. The Hall–Kier alpha value is -3.51. The Labute approximate surface area is 183 Å². The fourth-order valence-electron chi connectivity index (χ4n) is 3.40. The van der Waals surface area contributed by atoms with Crippen molar-refractivity contribution in [1.29, 1.82) is 0 Å². The molecular formula is C25H28N4O2. The van der Waals surface area contributed by atoms with Crippen molar-refractivity contribution in [2.45, 2.75) is 24.9 Å². The van der Waals surface area contributed by atoms with Gasteiger partial charge in [-0.25, -0.2) is 0 Å². The Morgan fingerprint density at radius 1 is 0.839 bits per heavy atom. The number of benzene rings is 2. The van der Waals surface area contributed by atoms with Crippen molar-refractivity contribution in [2.24, 2.45) is 0 Å². The lowest BCUT2D eigenvalue weighted by Crippen LogP contribution is -2.50. The fraction of sp³-hybridized carbons (Fsp3) is 0.240. The number of carbonyl (C=O) groups excluding carboxylic acids is 2. The number of pyridine rings is 1. The third-order valence-corrected chi connectivity index (χ3v) is 4.93.